The molecule has 1 saturated carbocycles. The molecule has 7 rings (SSSR count). The van der Waals surface area contributed by atoms with Crippen LogP contribution in [0.3, 0.4) is 0 Å². The number of nitrogens with two attached hydrogens (primary N) is 1. The molecule has 1 aliphatic heterocycles. The van der Waals surface area contributed by atoms with Crippen molar-refractivity contribution < 1.29 is 0 Å². The molecule has 5 heterocycles. The minimum Gasteiger partial charge on any atom is -0.355 e. The highest BCUT2D eigenvalue weighted by Gasteiger charge is 2.69. The van der Waals surface area contributed by atoms with E-state index in [4.69, 9.17) is 32.3 Å². The number of aromatic nitrogens is 7. The Hall–Kier alpha value is -2.73. The summed E-state index contributed by atoms with van der Waals surface area (Å²) < 4.78 is 4.82. The first kappa shape index (κ1) is 19.7. The van der Waals surface area contributed by atoms with Crippen LogP contribution in [0.15, 0.2) is 23.7 Å². The number of anilines is 1. The van der Waals surface area contributed by atoms with Crippen LogP contribution in [0.2, 0.25) is 5.02 Å². The molecule has 0 spiro atoms. The summed E-state index contributed by atoms with van der Waals surface area (Å²) in [4.78, 5) is 16.6. The third kappa shape index (κ3) is 2.67. The van der Waals surface area contributed by atoms with E-state index >= 15 is 0 Å². The van der Waals surface area contributed by atoms with Crippen LogP contribution in [0.4, 0.5) is 5.82 Å². The van der Waals surface area contributed by atoms with E-state index in [0.717, 1.165) is 40.4 Å². The zero-order chi connectivity index (χ0) is 22.3. The lowest BCUT2D eigenvalue weighted by Gasteiger charge is -2.25. The number of benzene rings is 1. The van der Waals surface area contributed by atoms with Crippen LogP contribution >= 0.6 is 34.5 Å². The molecular weight excluding hydrogens is 478 g/mol. The van der Waals surface area contributed by atoms with Gasteiger partial charge >= 0.3 is 0 Å². The molecule has 0 amide bonds. The molecule has 0 bridgehead atoms. The Balaban J connectivity index is 1.18. The van der Waals surface area contributed by atoms with E-state index in [9.17, 15) is 0 Å². The third-order valence-corrected chi connectivity index (χ3v) is 9.50. The molecule has 3 atom stereocenters. The van der Waals surface area contributed by atoms with Crippen LogP contribution in [0.25, 0.3) is 32.6 Å². The van der Waals surface area contributed by atoms with Crippen molar-refractivity contribution in [2.75, 3.05) is 24.5 Å². The van der Waals surface area contributed by atoms with Crippen molar-refractivity contribution in [3.05, 3.63) is 39.4 Å². The smallest absolute Gasteiger partial charge is 0.177 e. The minimum absolute atomic E-state index is 0.0228. The van der Waals surface area contributed by atoms with Crippen LogP contribution in [0.1, 0.15) is 10.7 Å². The number of hydrogen-bond donors (Lipinski definition) is 2. The number of thiazole rings is 1. The topological polar surface area (TPSA) is 122 Å². The molecule has 0 radical (unpaired) electrons. The normalized spacial score (nSPS) is 24.2. The van der Waals surface area contributed by atoms with Crippen molar-refractivity contribution in [1.82, 2.24) is 34.7 Å². The van der Waals surface area contributed by atoms with Gasteiger partial charge in [0.15, 0.2) is 5.65 Å². The van der Waals surface area contributed by atoms with Gasteiger partial charge < -0.3 is 10.6 Å². The number of fused-ring (bicyclic) bond motifs is 3. The number of aromatic amines is 1. The maximum Gasteiger partial charge on any atom is 0.177 e. The quantitative estimate of drug-likeness (QED) is 0.389. The van der Waals surface area contributed by atoms with E-state index in [-0.39, 0.29) is 5.41 Å². The Labute approximate surface area is 201 Å². The lowest BCUT2D eigenvalue weighted by Crippen LogP contribution is -2.35. The average Bonchev–Trinajstić information content (AvgIpc) is 3.46. The van der Waals surface area contributed by atoms with Crippen molar-refractivity contribution in [3.63, 3.8) is 0 Å². The molecule has 1 aliphatic carbocycles. The molecule has 5 aromatic rings. The second-order valence-corrected chi connectivity index (χ2v) is 10.7. The third-order valence-electron chi connectivity index (χ3n) is 7.08. The number of hydrogen-bond acceptors (Lipinski definition) is 10. The van der Waals surface area contributed by atoms with Gasteiger partial charge in [-0.25, -0.2) is 15.0 Å². The first-order chi connectivity index (χ1) is 16.1. The van der Waals surface area contributed by atoms with E-state index in [1.807, 2.05) is 25.3 Å². The molecule has 3 N–H and O–H groups in total. The number of H-pyrrole nitrogens is 1. The van der Waals surface area contributed by atoms with Crippen molar-refractivity contribution >= 4 is 61.7 Å². The van der Waals surface area contributed by atoms with E-state index in [0.29, 0.717) is 40.3 Å². The van der Waals surface area contributed by atoms with E-state index < -0.39 is 0 Å². The van der Waals surface area contributed by atoms with Crippen molar-refractivity contribution in [3.8, 4) is 11.3 Å². The highest BCUT2D eigenvalue weighted by atomic mass is 35.5. The summed E-state index contributed by atoms with van der Waals surface area (Å²) in [7, 11) is 0. The minimum atomic E-state index is 0.0228. The standard InChI is InChI=1S/C21H18ClN9S2/c1-9-7-32-20(25-9)21(8-23)11-5-31(6-12(11)21)14-4-24-17-16(28-29-19(17)26-14)10-2-3-13-18(15(10)22)33-30-27-13/h2-4,7,11-12H,5-6,8,23H2,1H3,(H,26,28,29)/t11-,12+,21-. The van der Waals surface area contributed by atoms with Crippen LogP contribution in [0.5, 0.6) is 0 Å². The van der Waals surface area contributed by atoms with Gasteiger partial charge in [0.05, 0.1) is 15.9 Å². The molecule has 9 nitrogen and oxygen atoms in total. The number of nitrogens with one attached hydrogen (secondary N) is 1. The molecule has 0 unspecified atom stereocenters. The van der Waals surface area contributed by atoms with E-state index in [2.05, 4.69) is 30.1 Å². The maximum absolute atomic E-state index is 6.63. The Kier molecular flexibility index (Phi) is 4.12. The Morgan fingerprint density at radius 2 is 2.12 bits per heavy atom. The predicted molar refractivity (Wildman–Crippen MR) is 130 cm³/mol. The van der Waals surface area contributed by atoms with Gasteiger partial charge in [-0.3, -0.25) is 5.10 Å². The summed E-state index contributed by atoms with van der Waals surface area (Å²) >= 11 is 9.63. The summed E-state index contributed by atoms with van der Waals surface area (Å²) in [6, 6.07) is 3.80. The molecule has 33 heavy (non-hydrogen) atoms. The highest BCUT2D eigenvalue weighted by Crippen LogP contribution is 2.63. The van der Waals surface area contributed by atoms with Gasteiger partial charge in [-0.15, -0.1) is 16.4 Å². The van der Waals surface area contributed by atoms with Gasteiger partial charge in [-0.2, -0.15) is 5.10 Å². The van der Waals surface area contributed by atoms with Crippen molar-refractivity contribution in [1.29, 1.82) is 0 Å². The molecule has 1 aromatic carbocycles. The summed E-state index contributed by atoms with van der Waals surface area (Å²) in [5.41, 5.74) is 10.9. The Morgan fingerprint density at radius 1 is 1.27 bits per heavy atom. The SMILES string of the molecule is Cc1csc([C@]2(CN)[C@@H]3CN(c4cnc5c(-c6ccc7nnsc7c6Cl)n[nH]c5n4)C[C@@H]32)n1. The van der Waals surface area contributed by atoms with Crippen molar-refractivity contribution in [2.24, 2.45) is 17.6 Å². The van der Waals surface area contributed by atoms with Gasteiger partial charge in [-0.05, 0) is 42.4 Å². The second-order valence-electron chi connectivity index (χ2n) is 8.70. The Bertz CT molecular complexity index is 1530. The monoisotopic (exact) mass is 495 g/mol. The fraction of sp³-hybridized carbons (Fsp3) is 0.333. The van der Waals surface area contributed by atoms with Crippen molar-refractivity contribution in [2.45, 2.75) is 12.3 Å². The first-order valence-corrected chi connectivity index (χ1v) is 12.6. The molecule has 166 valence electrons. The molecule has 4 aromatic heterocycles. The molecule has 2 fully saturated rings. The zero-order valence-electron chi connectivity index (χ0n) is 17.5. The summed E-state index contributed by atoms with van der Waals surface area (Å²) in [5.74, 6) is 1.85. The highest BCUT2D eigenvalue weighted by molar-refractivity contribution is 7.13. The van der Waals surface area contributed by atoms with E-state index in [1.54, 1.807) is 11.3 Å². The molecular formula is C21H18ClN9S2. The lowest BCUT2D eigenvalue weighted by atomic mass is 10.0. The summed E-state index contributed by atoms with van der Waals surface area (Å²) in [6.07, 6.45) is 1.82. The maximum atomic E-state index is 6.63. The fourth-order valence-corrected chi connectivity index (χ4v) is 7.42. The molecule has 12 heteroatoms. The second kappa shape index (κ2) is 6.89. The molecule has 1 saturated heterocycles. The van der Waals surface area contributed by atoms with Crippen LogP contribution in [-0.2, 0) is 5.41 Å². The number of piperidine rings is 1. The van der Waals surface area contributed by atoms with Gasteiger partial charge in [0.2, 0.25) is 0 Å². The number of nitrogens with zero attached hydrogens (tertiary/aromatic N) is 7. The number of halogens is 1. The van der Waals surface area contributed by atoms with Crippen LogP contribution in [-0.4, -0.2) is 54.4 Å². The van der Waals surface area contributed by atoms with E-state index in [1.165, 1.54) is 16.5 Å². The predicted octanol–water partition coefficient (Wildman–Crippen LogP) is 3.41. The van der Waals surface area contributed by atoms with Crippen LogP contribution in [0, 0.1) is 18.8 Å². The van der Waals surface area contributed by atoms with Gasteiger partial charge in [-0.1, -0.05) is 16.1 Å². The summed E-state index contributed by atoms with van der Waals surface area (Å²) in [6.45, 7) is 4.49. The average molecular weight is 496 g/mol. The zero-order valence-corrected chi connectivity index (χ0v) is 19.9. The fourth-order valence-electron chi connectivity index (χ4n) is 5.33. The number of rotatable bonds is 4. The van der Waals surface area contributed by atoms with Gasteiger partial charge in [0.25, 0.3) is 0 Å². The summed E-state index contributed by atoms with van der Waals surface area (Å²) in [5, 5.41) is 15.5. The first-order valence-electron chi connectivity index (χ1n) is 10.6. The largest absolute Gasteiger partial charge is 0.355 e. The Morgan fingerprint density at radius 3 is 2.88 bits per heavy atom. The number of aryl methyl sites for hydroxylation is 1. The van der Waals surface area contributed by atoms with Crippen LogP contribution < -0.4 is 10.6 Å². The van der Waals surface area contributed by atoms with Gasteiger partial charge in [0.1, 0.15) is 27.6 Å². The molecule has 2 aliphatic rings. The van der Waals surface area contributed by atoms with Gasteiger partial charge in [0, 0.05) is 41.7 Å². The lowest BCUT2D eigenvalue weighted by molar-refractivity contribution is 0.549.